The van der Waals surface area contributed by atoms with E-state index in [4.69, 9.17) is 0 Å². The average Bonchev–Trinajstić information content (AvgIpc) is 2.33. The number of para-hydroxylation sites is 1. The number of benzene rings is 2. The first kappa shape index (κ1) is 11.3. The summed E-state index contributed by atoms with van der Waals surface area (Å²) in [4.78, 5) is 10.7. The number of phenolic OH excluding ortho intramolecular Hbond substituents is 1. The minimum atomic E-state index is -0.422. The number of aromatic hydroxyl groups is 1. The van der Waals surface area contributed by atoms with Crippen LogP contribution in [0.25, 0.3) is 11.1 Å². The van der Waals surface area contributed by atoms with Gasteiger partial charge >= 0.3 is 0 Å². The molecule has 2 aromatic carbocycles. The Kier molecular flexibility index (Phi) is 2.91. The molecule has 0 atom stereocenters. The molecule has 0 aliphatic carbocycles. The summed E-state index contributed by atoms with van der Waals surface area (Å²) in [6.07, 6.45) is 0.548. The Morgan fingerprint density at radius 3 is 2.65 bits per heavy atom. The second kappa shape index (κ2) is 4.37. The Morgan fingerprint density at radius 2 is 1.94 bits per heavy atom. The standard InChI is InChI=1S/C14H11FO2/c1-9-5-6-13(15)12(7-9)11-4-2-3-10(8-16)14(11)17/h2-8,17H,1H3. The fraction of sp³-hybridized carbons (Fsp3) is 0.0714. The van der Waals surface area contributed by atoms with E-state index in [0.717, 1.165) is 5.56 Å². The van der Waals surface area contributed by atoms with Crippen molar-refractivity contribution in [1.82, 2.24) is 0 Å². The largest absolute Gasteiger partial charge is 0.507 e. The Labute approximate surface area is 98.3 Å². The van der Waals surface area contributed by atoms with Crippen molar-refractivity contribution in [3.8, 4) is 16.9 Å². The topological polar surface area (TPSA) is 37.3 Å². The van der Waals surface area contributed by atoms with Gasteiger partial charge in [0.1, 0.15) is 11.6 Å². The van der Waals surface area contributed by atoms with Crippen LogP contribution in [0.2, 0.25) is 0 Å². The van der Waals surface area contributed by atoms with Crippen LogP contribution in [0.15, 0.2) is 36.4 Å². The maximum Gasteiger partial charge on any atom is 0.153 e. The van der Waals surface area contributed by atoms with Crippen LogP contribution in [0.1, 0.15) is 15.9 Å². The number of carbonyl (C=O) groups excluding carboxylic acids is 1. The third kappa shape index (κ3) is 2.04. The van der Waals surface area contributed by atoms with E-state index in [2.05, 4.69) is 0 Å². The summed E-state index contributed by atoms with van der Waals surface area (Å²) in [6.45, 7) is 1.84. The number of hydrogen-bond donors (Lipinski definition) is 1. The molecular weight excluding hydrogens is 219 g/mol. The van der Waals surface area contributed by atoms with Crippen LogP contribution < -0.4 is 0 Å². The molecule has 2 rings (SSSR count). The van der Waals surface area contributed by atoms with Gasteiger partial charge in [0.25, 0.3) is 0 Å². The molecule has 17 heavy (non-hydrogen) atoms. The predicted molar refractivity (Wildman–Crippen MR) is 63.6 cm³/mol. The maximum atomic E-state index is 13.7. The first-order valence-corrected chi connectivity index (χ1v) is 5.17. The van der Waals surface area contributed by atoms with Crippen molar-refractivity contribution >= 4 is 6.29 Å². The summed E-state index contributed by atoms with van der Waals surface area (Å²) in [5.74, 6) is -0.610. The molecule has 2 nitrogen and oxygen atoms in total. The first-order chi connectivity index (χ1) is 8.13. The highest BCUT2D eigenvalue weighted by Crippen LogP contribution is 2.33. The monoisotopic (exact) mass is 230 g/mol. The fourth-order valence-electron chi connectivity index (χ4n) is 1.72. The van der Waals surface area contributed by atoms with Crippen LogP contribution in [-0.4, -0.2) is 11.4 Å². The zero-order valence-electron chi connectivity index (χ0n) is 9.27. The normalized spacial score (nSPS) is 10.2. The summed E-state index contributed by atoms with van der Waals surface area (Å²) in [5.41, 5.74) is 1.67. The lowest BCUT2D eigenvalue weighted by molar-refractivity contribution is 0.112. The van der Waals surface area contributed by atoms with Crippen molar-refractivity contribution in [2.45, 2.75) is 6.92 Å². The quantitative estimate of drug-likeness (QED) is 0.803. The average molecular weight is 230 g/mol. The Hall–Kier alpha value is -2.16. The number of halogens is 1. The van der Waals surface area contributed by atoms with Gasteiger partial charge in [-0.25, -0.2) is 4.39 Å². The van der Waals surface area contributed by atoms with Gasteiger partial charge in [0.15, 0.2) is 6.29 Å². The molecule has 0 spiro atoms. The molecule has 3 heteroatoms. The maximum absolute atomic E-state index is 13.7. The lowest BCUT2D eigenvalue weighted by atomic mass is 10.00. The molecule has 0 unspecified atom stereocenters. The number of carbonyl (C=O) groups is 1. The molecule has 0 saturated heterocycles. The number of hydrogen-bond acceptors (Lipinski definition) is 2. The van der Waals surface area contributed by atoms with Crippen molar-refractivity contribution in [1.29, 1.82) is 0 Å². The van der Waals surface area contributed by atoms with Gasteiger partial charge in [0, 0.05) is 11.1 Å². The Bertz CT molecular complexity index is 576. The summed E-state index contributed by atoms with van der Waals surface area (Å²) in [6, 6.07) is 9.32. The van der Waals surface area contributed by atoms with Gasteiger partial charge in [-0.05, 0) is 25.1 Å². The number of rotatable bonds is 2. The highest BCUT2D eigenvalue weighted by atomic mass is 19.1. The summed E-state index contributed by atoms with van der Waals surface area (Å²) >= 11 is 0. The van der Waals surface area contributed by atoms with Crippen LogP contribution in [0.3, 0.4) is 0 Å². The summed E-state index contributed by atoms with van der Waals surface area (Å²) in [5, 5.41) is 9.86. The molecule has 0 heterocycles. The van der Waals surface area contributed by atoms with Gasteiger partial charge in [-0.3, -0.25) is 4.79 Å². The molecule has 0 bridgehead atoms. The highest BCUT2D eigenvalue weighted by molar-refractivity contribution is 5.85. The van der Waals surface area contributed by atoms with Gasteiger partial charge in [0.05, 0.1) is 5.56 Å². The van der Waals surface area contributed by atoms with E-state index in [9.17, 15) is 14.3 Å². The molecule has 0 aliphatic heterocycles. The van der Waals surface area contributed by atoms with Gasteiger partial charge in [0.2, 0.25) is 0 Å². The molecule has 0 aliphatic rings. The predicted octanol–water partition coefficient (Wildman–Crippen LogP) is 3.32. The number of aryl methyl sites for hydroxylation is 1. The smallest absolute Gasteiger partial charge is 0.153 e. The van der Waals surface area contributed by atoms with Gasteiger partial charge in [-0.2, -0.15) is 0 Å². The molecule has 0 amide bonds. The molecular formula is C14H11FO2. The van der Waals surface area contributed by atoms with Crippen molar-refractivity contribution < 1.29 is 14.3 Å². The second-order valence-electron chi connectivity index (χ2n) is 3.84. The van der Waals surface area contributed by atoms with E-state index < -0.39 is 5.82 Å². The molecule has 0 saturated carbocycles. The van der Waals surface area contributed by atoms with Crippen LogP contribution in [0, 0.1) is 12.7 Å². The zero-order valence-corrected chi connectivity index (χ0v) is 9.27. The van der Waals surface area contributed by atoms with E-state index in [1.165, 1.54) is 12.1 Å². The molecule has 0 radical (unpaired) electrons. The van der Waals surface area contributed by atoms with Crippen LogP contribution >= 0.6 is 0 Å². The van der Waals surface area contributed by atoms with Crippen molar-refractivity contribution in [2.75, 3.05) is 0 Å². The van der Waals surface area contributed by atoms with Crippen LogP contribution in [-0.2, 0) is 0 Å². The van der Waals surface area contributed by atoms with Gasteiger partial charge < -0.3 is 5.11 Å². The molecule has 0 aromatic heterocycles. The first-order valence-electron chi connectivity index (χ1n) is 5.17. The summed E-state index contributed by atoms with van der Waals surface area (Å²) in [7, 11) is 0. The third-order valence-electron chi connectivity index (χ3n) is 2.61. The van der Waals surface area contributed by atoms with Gasteiger partial charge in [-0.15, -0.1) is 0 Å². The minimum absolute atomic E-state index is 0.156. The van der Waals surface area contributed by atoms with E-state index in [0.29, 0.717) is 17.4 Å². The lowest BCUT2D eigenvalue weighted by Gasteiger charge is -2.08. The van der Waals surface area contributed by atoms with Crippen LogP contribution in [0.5, 0.6) is 5.75 Å². The molecule has 1 N–H and O–H groups in total. The fourth-order valence-corrected chi connectivity index (χ4v) is 1.72. The number of aldehydes is 1. The van der Waals surface area contributed by atoms with E-state index >= 15 is 0 Å². The van der Waals surface area contributed by atoms with E-state index in [1.807, 2.05) is 6.92 Å². The SMILES string of the molecule is Cc1ccc(F)c(-c2cccc(C=O)c2O)c1. The lowest BCUT2D eigenvalue weighted by Crippen LogP contribution is -1.89. The summed E-state index contributed by atoms with van der Waals surface area (Å²) < 4.78 is 13.7. The van der Waals surface area contributed by atoms with E-state index in [1.54, 1.807) is 24.3 Å². The van der Waals surface area contributed by atoms with Gasteiger partial charge in [-0.1, -0.05) is 23.8 Å². The Morgan fingerprint density at radius 1 is 1.18 bits per heavy atom. The Balaban J connectivity index is 2.68. The molecule has 86 valence electrons. The minimum Gasteiger partial charge on any atom is -0.507 e. The van der Waals surface area contributed by atoms with Crippen molar-refractivity contribution in [3.05, 3.63) is 53.3 Å². The zero-order chi connectivity index (χ0) is 12.4. The third-order valence-corrected chi connectivity index (χ3v) is 2.61. The van der Waals surface area contributed by atoms with Crippen molar-refractivity contribution in [3.63, 3.8) is 0 Å². The van der Waals surface area contributed by atoms with Crippen molar-refractivity contribution in [2.24, 2.45) is 0 Å². The van der Waals surface area contributed by atoms with Crippen LogP contribution in [0.4, 0.5) is 4.39 Å². The highest BCUT2D eigenvalue weighted by Gasteiger charge is 2.12. The molecule has 0 fully saturated rings. The second-order valence-corrected chi connectivity index (χ2v) is 3.84. The number of phenols is 1. The van der Waals surface area contributed by atoms with E-state index in [-0.39, 0.29) is 11.3 Å². The molecule has 2 aromatic rings.